The average molecular weight is 195 g/mol. The summed E-state index contributed by atoms with van der Waals surface area (Å²) in [6.45, 7) is 4.85. The summed E-state index contributed by atoms with van der Waals surface area (Å²) < 4.78 is 4.90. The Morgan fingerprint density at radius 3 is 2.93 bits per heavy atom. The van der Waals surface area contributed by atoms with Gasteiger partial charge in [-0.3, -0.25) is 0 Å². The van der Waals surface area contributed by atoms with E-state index in [2.05, 4.69) is 22.4 Å². The first-order valence-corrected chi connectivity index (χ1v) is 5.26. The second kappa shape index (κ2) is 4.09. The molecule has 1 heterocycles. The van der Waals surface area contributed by atoms with Crippen LogP contribution in [0.15, 0.2) is 4.52 Å². The number of aromatic nitrogens is 2. The number of nitrogens with zero attached hydrogens (tertiary/aromatic N) is 2. The zero-order chi connectivity index (χ0) is 9.97. The maximum atomic E-state index is 4.90. The fourth-order valence-corrected chi connectivity index (χ4v) is 2.04. The first-order chi connectivity index (χ1) is 6.74. The normalized spacial score (nSPS) is 27.0. The maximum Gasteiger partial charge on any atom is 0.223 e. The standard InChI is InChI=1S/C10H17N3O/c1-7-3-4-9(5-7)11-6-10-12-8(2)14-13-10/h7,9,11H,3-6H2,1-2H3. The lowest BCUT2D eigenvalue weighted by Crippen LogP contribution is -2.26. The largest absolute Gasteiger partial charge is 0.340 e. The molecule has 2 atom stereocenters. The molecule has 0 spiro atoms. The molecule has 4 heteroatoms. The van der Waals surface area contributed by atoms with E-state index in [4.69, 9.17) is 4.52 Å². The Hall–Kier alpha value is -0.900. The van der Waals surface area contributed by atoms with Crippen molar-refractivity contribution < 1.29 is 4.52 Å². The SMILES string of the molecule is Cc1nc(CNC2CCC(C)C2)no1. The highest BCUT2D eigenvalue weighted by Gasteiger charge is 2.20. The van der Waals surface area contributed by atoms with Gasteiger partial charge in [-0.05, 0) is 25.2 Å². The molecule has 14 heavy (non-hydrogen) atoms. The first-order valence-electron chi connectivity index (χ1n) is 5.26. The molecule has 78 valence electrons. The lowest BCUT2D eigenvalue weighted by Gasteiger charge is -2.09. The average Bonchev–Trinajstić information content (AvgIpc) is 2.72. The molecule has 2 rings (SSSR count). The Morgan fingerprint density at radius 2 is 2.36 bits per heavy atom. The van der Waals surface area contributed by atoms with E-state index >= 15 is 0 Å². The highest BCUT2D eigenvalue weighted by molar-refractivity contribution is 4.86. The minimum atomic E-state index is 0.640. The van der Waals surface area contributed by atoms with Crippen LogP contribution in [0.3, 0.4) is 0 Å². The summed E-state index contributed by atoms with van der Waals surface area (Å²) in [5, 5.41) is 7.30. The molecule has 0 saturated heterocycles. The molecule has 0 amide bonds. The third-order valence-corrected chi connectivity index (χ3v) is 2.81. The first kappa shape index (κ1) is 9.65. The summed E-state index contributed by atoms with van der Waals surface area (Å²) in [5.74, 6) is 2.27. The molecule has 0 aliphatic heterocycles. The van der Waals surface area contributed by atoms with Crippen LogP contribution in [0.4, 0.5) is 0 Å². The fourth-order valence-electron chi connectivity index (χ4n) is 2.04. The van der Waals surface area contributed by atoms with Gasteiger partial charge in [0.05, 0.1) is 6.54 Å². The molecule has 1 saturated carbocycles. The third-order valence-electron chi connectivity index (χ3n) is 2.81. The van der Waals surface area contributed by atoms with E-state index in [0.717, 1.165) is 18.3 Å². The summed E-state index contributed by atoms with van der Waals surface area (Å²) in [7, 11) is 0. The van der Waals surface area contributed by atoms with Crippen molar-refractivity contribution in [1.29, 1.82) is 0 Å². The van der Waals surface area contributed by atoms with Crippen LogP contribution < -0.4 is 5.32 Å². The van der Waals surface area contributed by atoms with Gasteiger partial charge >= 0.3 is 0 Å². The van der Waals surface area contributed by atoms with Crippen molar-refractivity contribution in [3.05, 3.63) is 11.7 Å². The van der Waals surface area contributed by atoms with Crippen molar-refractivity contribution in [3.8, 4) is 0 Å². The Labute approximate surface area is 84.1 Å². The number of nitrogens with one attached hydrogen (secondary N) is 1. The Bertz CT molecular complexity index is 297. The summed E-state index contributed by atoms with van der Waals surface area (Å²) >= 11 is 0. The van der Waals surface area contributed by atoms with E-state index in [1.54, 1.807) is 0 Å². The molecule has 4 nitrogen and oxygen atoms in total. The van der Waals surface area contributed by atoms with Gasteiger partial charge in [0, 0.05) is 13.0 Å². The van der Waals surface area contributed by atoms with E-state index in [1.165, 1.54) is 19.3 Å². The molecule has 1 aromatic heterocycles. The monoisotopic (exact) mass is 195 g/mol. The van der Waals surface area contributed by atoms with Crippen molar-refractivity contribution in [3.63, 3.8) is 0 Å². The molecule has 1 N–H and O–H groups in total. The quantitative estimate of drug-likeness (QED) is 0.796. The fraction of sp³-hybridized carbons (Fsp3) is 0.800. The van der Waals surface area contributed by atoms with E-state index in [9.17, 15) is 0 Å². The predicted octanol–water partition coefficient (Wildman–Crippen LogP) is 1.66. The van der Waals surface area contributed by atoms with Crippen LogP contribution in [0, 0.1) is 12.8 Å². The van der Waals surface area contributed by atoms with Crippen LogP contribution >= 0.6 is 0 Å². The summed E-state index contributed by atoms with van der Waals surface area (Å²) in [6.07, 6.45) is 3.89. The van der Waals surface area contributed by atoms with Crippen molar-refractivity contribution in [1.82, 2.24) is 15.5 Å². The Balaban J connectivity index is 1.77. The van der Waals surface area contributed by atoms with Gasteiger partial charge in [0.2, 0.25) is 5.89 Å². The Morgan fingerprint density at radius 1 is 1.50 bits per heavy atom. The van der Waals surface area contributed by atoms with E-state index in [1.807, 2.05) is 6.92 Å². The van der Waals surface area contributed by atoms with Gasteiger partial charge in [0.1, 0.15) is 0 Å². The van der Waals surface area contributed by atoms with Crippen LogP contribution in [-0.2, 0) is 6.54 Å². The summed E-state index contributed by atoms with van der Waals surface area (Å²) in [6, 6.07) is 0.642. The topological polar surface area (TPSA) is 51.0 Å². The zero-order valence-corrected chi connectivity index (χ0v) is 8.79. The van der Waals surface area contributed by atoms with Gasteiger partial charge in [-0.25, -0.2) is 0 Å². The maximum absolute atomic E-state index is 4.90. The van der Waals surface area contributed by atoms with Crippen molar-refractivity contribution in [2.24, 2.45) is 5.92 Å². The van der Waals surface area contributed by atoms with E-state index in [-0.39, 0.29) is 0 Å². The van der Waals surface area contributed by atoms with Crippen LogP contribution in [0.25, 0.3) is 0 Å². The van der Waals surface area contributed by atoms with Crippen molar-refractivity contribution in [2.45, 2.75) is 45.7 Å². The minimum Gasteiger partial charge on any atom is -0.340 e. The second-order valence-electron chi connectivity index (χ2n) is 4.23. The van der Waals surface area contributed by atoms with Gasteiger partial charge in [-0.2, -0.15) is 4.98 Å². The lowest BCUT2D eigenvalue weighted by molar-refractivity contribution is 0.382. The predicted molar refractivity (Wildman–Crippen MR) is 52.7 cm³/mol. The van der Waals surface area contributed by atoms with Crippen molar-refractivity contribution in [2.75, 3.05) is 0 Å². The molecule has 0 aromatic carbocycles. The highest BCUT2D eigenvalue weighted by Crippen LogP contribution is 2.24. The number of aryl methyl sites for hydroxylation is 1. The smallest absolute Gasteiger partial charge is 0.223 e. The molecular formula is C10H17N3O. The van der Waals surface area contributed by atoms with Crippen LogP contribution in [0.5, 0.6) is 0 Å². The van der Waals surface area contributed by atoms with Gasteiger partial charge in [-0.15, -0.1) is 0 Å². The van der Waals surface area contributed by atoms with Gasteiger partial charge in [0.25, 0.3) is 0 Å². The molecule has 0 bridgehead atoms. The second-order valence-corrected chi connectivity index (χ2v) is 4.23. The van der Waals surface area contributed by atoms with E-state index < -0.39 is 0 Å². The molecule has 1 aliphatic rings. The molecule has 2 unspecified atom stereocenters. The number of rotatable bonds is 3. The molecular weight excluding hydrogens is 178 g/mol. The Kier molecular flexibility index (Phi) is 2.82. The highest BCUT2D eigenvalue weighted by atomic mass is 16.5. The molecule has 1 fully saturated rings. The minimum absolute atomic E-state index is 0.640. The number of hydrogen-bond donors (Lipinski definition) is 1. The zero-order valence-electron chi connectivity index (χ0n) is 8.79. The molecule has 1 aromatic rings. The summed E-state index contributed by atoms with van der Waals surface area (Å²) in [4.78, 5) is 4.15. The van der Waals surface area contributed by atoms with E-state index in [0.29, 0.717) is 11.9 Å². The lowest BCUT2D eigenvalue weighted by atomic mass is 10.1. The van der Waals surface area contributed by atoms with Gasteiger partial charge in [-0.1, -0.05) is 12.1 Å². The van der Waals surface area contributed by atoms with Gasteiger partial charge in [0.15, 0.2) is 5.82 Å². The van der Waals surface area contributed by atoms with Crippen LogP contribution in [0.2, 0.25) is 0 Å². The third kappa shape index (κ3) is 2.32. The number of hydrogen-bond acceptors (Lipinski definition) is 4. The molecule has 0 radical (unpaired) electrons. The van der Waals surface area contributed by atoms with Crippen LogP contribution in [-0.4, -0.2) is 16.2 Å². The van der Waals surface area contributed by atoms with Gasteiger partial charge < -0.3 is 9.84 Å². The summed E-state index contributed by atoms with van der Waals surface area (Å²) in [5.41, 5.74) is 0. The molecule has 1 aliphatic carbocycles. The van der Waals surface area contributed by atoms with Crippen molar-refractivity contribution >= 4 is 0 Å². The van der Waals surface area contributed by atoms with Crippen LogP contribution in [0.1, 0.15) is 37.9 Å².